The molecular formula is C19H30N2O3. The molecule has 1 unspecified atom stereocenters. The van der Waals surface area contributed by atoms with Gasteiger partial charge in [0.05, 0.1) is 12.7 Å². The van der Waals surface area contributed by atoms with E-state index < -0.39 is 6.10 Å². The van der Waals surface area contributed by atoms with E-state index >= 15 is 0 Å². The Morgan fingerprint density at radius 2 is 2.12 bits per heavy atom. The van der Waals surface area contributed by atoms with Crippen LogP contribution in [0.1, 0.15) is 55.1 Å². The minimum Gasteiger partial charge on any atom is -0.389 e. The molecule has 0 bridgehead atoms. The Morgan fingerprint density at radius 3 is 2.79 bits per heavy atom. The van der Waals surface area contributed by atoms with E-state index in [0.717, 1.165) is 5.56 Å². The summed E-state index contributed by atoms with van der Waals surface area (Å²) in [6.45, 7) is 4.67. The normalized spacial score (nSPS) is 17.3. The third kappa shape index (κ3) is 4.95. The third-order valence-corrected chi connectivity index (χ3v) is 4.75. The summed E-state index contributed by atoms with van der Waals surface area (Å²) in [5.74, 6) is -0.201. The molecule has 2 N–H and O–H groups in total. The number of carbonyl (C=O) groups is 1. The van der Waals surface area contributed by atoms with Crippen molar-refractivity contribution in [3.8, 4) is 0 Å². The average Bonchev–Trinajstić information content (AvgIpc) is 2.86. The first kappa shape index (κ1) is 18.7. The Bertz CT molecular complexity index is 571. The fraction of sp³-hybridized carbons (Fsp3) is 0.632. The van der Waals surface area contributed by atoms with Crippen molar-refractivity contribution in [3.05, 3.63) is 29.1 Å². The first-order valence-electron chi connectivity index (χ1n) is 8.84. The van der Waals surface area contributed by atoms with Crippen LogP contribution in [0.15, 0.2) is 12.1 Å². The summed E-state index contributed by atoms with van der Waals surface area (Å²) in [7, 11) is 1.52. The summed E-state index contributed by atoms with van der Waals surface area (Å²) in [4.78, 5) is 11.9. The molecule has 5 nitrogen and oxygen atoms in total. The molecule has 5 heteroatoms. The van der Waals surface area contributed by atoms with E-state index in [1.807, 2.05) is 6.08 Å². The van der Waals surface area contributed by atoms with Crippen molar-refractivity contribution in [2.24, 2.45) is 0 Å². The van der Waals surface area contributed by atoms with Crippen LogP contribution in [0.5, 0.6) is 0 Å². The number of carbonyl (C=O) groups excluding carboxylic acids is 1. The van der Waals surface area contributed by atoms with Gasteiger partial charge in [0.2, 0.25) is 5.91 Å². The number of hydrogen-bond acceptors (Lipinski definition) is 3. The van der Waals surface area contributed by atoms with Crippen molar-refractivity contribution in [3.63, 3.8) is 0 Å². The second kappa shape index (κ2) is 9.04. The van der Waals surface area contributed by atoms with Gasteiger partial charge in [0.25, 0.3) is 0 Å². The molecule has 0 aromatic carbocycles. The molecule has 1 saturated carbocycles. The fourth-order valence-corrected chi connectivity index (χ4v) is 3.57. The highest BCUT2D eigenvalue weighted by atomic mass is 16.5. The summed E-state index contributed by atoms with van der Waals surface area (Å²) in [5, 5.41) is 12.2. The van der Waals surface area contributed by atoms with Crippen LogP contribution in [0.25, 0.3) is 6.08 Å². The number of nitrogens with zero attached hydrogens (tertiary/aromatic N) is 1. The first-order valence-corrected chi connectivity index (χ1v) is 8.84. The lowest BCUT2D eigenvalue weighted by molar-refractivity contribution is -0.117. The zero-order valence-corrected chi connectivity index (χ0v) is 15.0. The van der Waals surface area contributed by atoms with E-state index in [4.69, 9.17) is 4.74 Å². The topological polar surface area (TPSA) is 63.5 Å². The van der Waals surface area contributed by atoms with Crippen LogP contribution in [0.2, 0.25) is 0 Å². The molecule has 0 saturated heterocycles. The quantitative estimate of drug-likeness (QED) is 0.754. The Balaban J connectivity index is 1.98. The van der Waals surface area contributed by atoms with Crippen molar-refractivity contribution < 1.29 is 14.6 Å². The van der Waals surface area contributed by atoms with Crippen LogP contribution in [0.4, 0.5) is 0 Å². The van der Waals surface area contributed by atoms with Gasteiger partial charge in [-0.05, 0) is 44.4 Å². The van der Waals surface area contributed by atoms with Crippen molar-refractivity contribution >= 4 is 12.0 Å². The molecule has 1 aromatic heterocycles. The summed E-state index contributed by atoms with van der Waals surface area (Å²) < 4.78 is 7.26. The largest absolute Gasteiger partial charge is 0.389 e. The van der Waals surface area contributed by atoms with Crippen LogP contribution >= 0.6 is 0 Å². The fourth-order valence-electron chi connectivity index (χ4n) is 3.57. The Morgan fingerprint density at radius 1 is 1.42 bits per heavy atom. The summed E-state index contributed by atoms with van der Waals surface area (Å²) in [6.07, 6.45) is 9.17. The number of aliphatic hydroxyl groups excluding tert-OH is 1. The van der Waals surface area contributed by atoms with Gasteiger partial charge in [-0.25, -0.2) is 0 Å². The number of aromatic nitrogens is 1. The molecule has 1 fully saturated rings. The van der Waals surface area contributed by atoms with Crippen molar-refractivity contribution in [2.75, 3.05) is 20.3 Å². The number of amides is 1. The van der Waals surface area contributed by atoms with Crippen LogP contribution in [-0.4, -0.2) is 41.9 Å². The number of ether oxygens (including phenoxy) is 1. The van der Waals surface area contributed by atoms with Crippen LogP contribution < -0.4 is 5.32 Å². The van der Waals surface area contributed by atoms with Gasteiger partial charge in [-0.2, -0.15) is 0 Å². The van der Waals surface area contributed by atoms with Gasteiger partial charge in [-0.1, -0.05) is 19.3 Å². The number of hydrogen-bond donors (Lipinski definition) is 2. The van der Waals surface area contributed by atoms with Gasteiger partial charge in [0, 0.05) is 37.2 Å². The molecule has 1 atom stereocenters. The zero-order valence-electron chi connectivity index (χ0n) is 15.0. The Kier molecular flexibility index (Phi) is 7.06. The van der Waals surface area contributed by atoms with Crippen molar-refractivity contribution in [1.29, 1.82) is 0 Å². The lowest BCUT2D eigenvalue weighted by atomic mass is 9.95. The van der Waals surface area contributed by atoms with Crippen molar-refractivity contribution in [1.82, 2.24) is 9.88 Å². The second-order valence-electron chi connectivity index (χ2n) is 6.68. The highest BCUT2D eigenvalue weighted by Gasteiger charge is 2.19. The summed E-state index contributed by atoms with van der Waals surface area (Å²) >= 11 is 0. The molecule has 1 heterocycles. The van der Waals surface area contributed by atoms with Gasteiger partial charge in [-0.15, -0.1) is 0 Å². The maximum Gasteiger partial charge on any atom is 0.244 e. The van der Waals surface area contributed by atoms with Gasteiger partial charge in [0.1, 0.15) is 0 Å². The lowest BCUT2D eigenvalue weighted by Crippen LogP contribution is -2.33. The summed E-state index contributed by atoms with van der Waals surface area (Å²) in [6, 6.07) is 2.74. The maximum absolute atomic E-state index is 11.9. The smallest absolute Gasteiger partial charge is 0.244 e. The van der Waals surface area contributed by atoms with E-state index in [1.165, 1.54) is 56.7 Å². The highest BCUT2D eigenvalue weighted by Crippen LogP contribution is 2.32. The molecule has 134 valence electrons. The first-order chi connectivity index (χ1) is 11.5. The molecule has 0 spiro atoms. The molecule has 1 amide bonds. The molecule has 1 aromatic rings. The van der Waals surface area contributed by atoms with E-state index in [2.05, 4.69) is 29.8 Å². The van der Waals surface area contributed by atoms with Crippen molar-refractivity contribution in [2.45, 2.75) is 58.1 Å². The maximum atomic E-state index is 11.9. The van der Waals surface area contributed by atoms with E-state index in [1.54, 1.807) is 0 Å². The lowest BCUT2D eigenvalue weighted by Gasteiger charge is -2.26. The summed E-state index contributed by atoms with van der Waals surface area (Å²) in [5.41, 5.74) is 3.57. The molecule has 24 heavy (non-hydrogen) atoms. The van der Waals surface area contributed by atoms with Crippen LogP contribution in [0, 0.1) is 13.8 Å². The zero-order chi connectivity index (χ0) is 17.5. The monoisotopic (exact) mass is 334 g/mol. The van der Waals surface area contributed by atoms with E-state index in [9.17, 15) is 9.90 Å². The molecule has 1 aliphatic carbocycles. The number of aryl methyl sites for hydroxylation is 1. The van der Waals surface area contributed by atoms with Crippen LogP contribution in [-0.2, 0) is 9.53 Å². The number of aliphatic hydroxyl groups is 1. The van der Waals surface area contributed by atoms with Crippen LogP contribution in [0.3, 0.4) is 0 Å². The Hall–Kier alpha value is -1.59. The predicted octanol–water partition coefficient (Wildman–Crippen LogP) is 2.75. The van der Waals surface area contributed by atoms with E-state index in [0.29, 0.717) is 6.04 Å². The molecule has 0 aliphatic heterocycles. The highest BCUT2D eigenvalue weighted by molar-refractivity contribution is 5.91. The molecule has 0 radical (unpaired) electrons. The molecular weight excluding hydrogens is 304 g/mol. The minimum absolute atomic E-state index is 0.193. The van der Waals surface area contributed by atoms with Gasteiger partial charge in [-0.3, -0.25) is 4.79 Å². The molecule has 2 rings (SSSR count). The third-order valence-electron chi connectivity index (χ3n) is 4.75. The number of rotatable bonds is 7. The number of methoxy groups -OCH3 is 1. The van der Waals surface area contributed by atoms with Gasteiger partial charge >= 0.3 is 0 Å². The van der Waals surface area contributed by atoms with Gasteiger partial charge < -0.3 is 19.7 Å². The SMILES string of the molecule is COCC(O)CNC(=O)/C=C/c1cc(C)n(C2CCCCC2)c1C. The molecule has 1 aliphatic rings. The standard InChI is InChI=1S/C19H30N2O3/c1-14-11-16(9-10-19(23)20-12-18(22)13-24-3)15(2)21(14)17-7-5-4-6-8-17/h9-11,17-18,22H,4-8,12-13H2,1-3H3,(H,20,23)/b10-9+. The predicted molar refractivity (Wildman–Crippen MR) is 96.0 cm³/mol. The number of nitrogens with one attached hydrogen (secondary N) is 1. The second-order valence-corrected chi connectivity index (χ2v) is 6.68. The van der Waals surface area contributed by atoms with Gasteiger partial charge in [0.15, 0.2) is 0 Å². The Labute approximate surface area is 144 Å². The minimum atomic E-state index is -0.677. The average molecular weight is 334 g/mol. The van der Waals surface area contributed by atoms with E-state index in [-0.39, 0.29) is 19.1 Å².